The summed E-state index contributed by atoms with van der Waals surface area (Å²) in [6, 6.07) is 6.96. The van der Waals surface area contributed by atoms with Gasteiger partial charge in [-0.1, -0.05) is 29.3 Å². The van der Waals surface area contributed by atoms with Gasteiger partial charge in [0, 0.05) is 5.02 Å². The smallest absolute Gasteiger partial charge is 0.323 e. The highest BCUT2D eigenvalue weighted by molar-refractivity contribution is 7.92. The summed E-state index contributed by atoms with van der Waals surface area (Å²) >= 11 is 11.8. The van der Waals surface area contributed by atoms with Crippen molar-refractivity contribution in [2.75, 3.05) is 22.4 Å². The molecule has 0 unspecified atom stereocenters. The van der Waals surface area contributed by atoms with Crippen LogP contribution in [0.25, 0.3) is 0 Å². The second kappa shape index (κ2) is 8.18. The lowest BCUT2D eigenvalue weighted by atomic mass is 10.2. The zero-order valence-corrected chi connectivity index (χ0v) is 17.0. The molecule has 0 aromatic heterocycles. The number of amides is 1. The van der Waals surface area contributed by atoms with E-state index in [0.29, 0.717) is 11.6 Å². The summed E-state index contributed by atoms with van der Waals surface area (Å²) in [5.41, 5.74) is -0.560. The monoisotopic (exact) mass is 454 g/mol. The highest BCUT2D eigenvalue weighted by Gasteiger charge is 2.31. The maximum atomic E-state index is 12.9. The van der Waals surface area contributed by atoms with E-state index in [4.69, 9.17) is 23.2 Å². The van der Waals surface area contributed by atoms with Crippen LogP contribution in [0.1, 0.15) is 11.1 Å². The largest absolute Gasteiger partial charge is 0.416 e. The lowest BCUT2D eigenvalue weighted by molar-refractivity contribution is -0.137. The van der Waals surface area contributed by atoms with Crippen molar-refractivity contribution >= 4 is 50.5 Å². The molecule has 11 heteroatoms. The highest BCUT2D eigenvalue weighted by Crippen LogP contribution is 2.34. The van der Waals surface area contributed by atoms with Crippen molar-refractivity contribution in [1.82, 2.24) is 0 Å². The zero-order chi connectivity index (χ0) is 21.3. The Balaban J connectivity index is 2.32. The molecule has 0 atom stereocenters. The van der Waals surface area contributed by atoms with Crippen molar-refractivity contribution in [3.63, 3.8) is 0 Å². The first-order valence-corrected chi connectivity index (χ1v) is 10.3. The fourth-order valence-electron chi connectivity index (χ4n) is 2.35. The molecule has 0 aliphatic carbocycles. The molecule has 2 aromatic rings. The average Bonchev–Trinajstić information content (AvgIpc) is 2.55. The van der Waals surface area contributed by atoms with Crippen molar-refractivity contribution < 1.29 is 26.4 Å². The van der Waals surface area contributed by atoms with Crippen molar-refractivity contribution in [1.29, 1.82) is 0 Å². The lowest BCUT2D eigenvalue weighted by Gasteiger charge is -2.24. The topological polar surface area (TPSA) is 66.5 Å². The van der Waals surface area contributed by atoms with E-state index >= 15 is 0 Å². The molecule has 28 heavy (non-hydrogen) atoms. The van der Waals surface area contributed by atoms with E-state index in [-0.39, 0.29) is 21.4 Å². The molecule has 152 valence electrons. The summed E-state index contributed by atoms with van der Waals surface area (Å²) in [6.07, 6.45) is -3.72. The zero-order valence-electron chi connectivity index (χ0n) is 14.6. The van der Waals surface area contributed by atoms with Gasteiger partial charge in [0.1, 0.15) is 6.54 Å². The summed E-state index contributed by atoms with van der Waals surface area (Å²) in [5, 5.41) is 2.36. The number of nitrogens with zero attached hydrogens (tertiary/aromatic N) is 1. The van der Waals surface area contributed by atoms with Crippen LogP contribution in [0.15, 0.2) is 36.4 Å². The molecule has 5 nitrogen and oxygen atoms in total. The number of halogens is 5. The Labute approximate surface area is 170 Å². The van der Waals surface area contributed by atoms with Crippen LogP contribution < -0.4 is 9.62 Å². The Bertz CT molecular complexity index is 1010. The number of anilines is 2. The normalized spacial score (nSPS) is 12.0. The first kappa shape index (κ1) is 22.3. The van der Waals surface area contributed by atoms with E-state index in [1.54, 1.807) is 19.1 Å². The van der Waals surface area contributed by atoms with E-state index in [1.165, 1.54) is 6.07 Å². The van der Waals surface area contributed by atoms with Gasteiger partial charge in [-0.05, 0) is 42.8 Å². The quantitative estimate of drug-likeness (QED) is 0.710. The van der Waals surface area contributed by atoms with E-state index in [9.17, 15) is 26.4 Å². The number of benzene rings is 2. The maximum Gasteiger partial charge on any atom is 0.416 e. The third-order valence-corrected chi connectivity index (χ3v) is 5.39. The number of hydrogen-bond acceptors (Lipinski definition) is 3. The molecule has 1 amide bonds. The van der Waals surface area contributed by atoms with Gasteiger partial charge >= 0.3 is 6.18 Å². The molecule has 2 rings (SSSR count). The summed E-state index contributed by atoms with van der Waals surface area (Å²) in [7, 11) is -3.89. The molecular weight excluding hydrogens is 440 g/mol. The van der Waals surface area contributed by atoms with Crippen LogP contribution in [0, 0.1) is 6.92 Å². The van der Waals surface area contributed by atoms with Crippen LogP contribution in [0.4, 0.5) is 24.5 Å². The number of sulfonamides is 1. The van der Waals surface area contributed by atoms with Gasteiger partial charge in [0.2, 0.25) is 15.9 Å². The Morgan fingerprint density at radius 2 is 1.79 bits per heavy atom. The molecule has 1 N–H and O–H groups in total. The number of nitrogens with one attached hydrogen (secondary N) is 1. The van der Waals surface area contributed by atoms with E-state index in [2.05, 4.69) is 5.32 Å². The van der Waals surface area contributed by atoms with E-state index < -0.39 is 34.2 Å². The molecule has 0 radical (unpaired) electrons. The highest BCUT2D eigenvalue weighted by atomic mass is 35.5. The Morgan fingerprint density at radius 1 is 1.14 bits per heavy atom. The number of carbonyl (C=O) groups excluding carboxylic acids is 1. The maximum absolute atomic E-state index is 12.9. The molecular formula is C17H15Cl2F3N2O3S. The van der Waals surface area contributed by atoms with Gasteiger partial charge in [-0.2, -0.15) is 13.2 Å². The first-order valence-electron chi connectivity index (χ1n) is 7.69. The van der Waals surface area contributed by atoms with Gasteiger partial charge in [0.15, 0.2) is 0 Å². The summed E-state index contributed by atoms with van der Waals surface area (Å²) in [4.78, 5) is 12.4. The minimum atomic E-state index is -4.62. The van der Waals surface area contributed by atoms with Gasteiger partial charge < -0.3 is 5.32 Å². The van der Waals surface area contributed by atoms with E-state index in [1.807, 2.05) is 0 Å². The Morgan fingerprint density at radius 3 is 2.36 bits per heavy atom. The average molecular weight is 455 g/mol. The lowest BCUT2D eigenvalue weighted by Crippen LogP contribution is -2.38. The molecule has 0 fully saturated rings. The predicted molar refractivity (Wildman–Crippen MR) is 103 cm³/mol. The molecule has 0 aliphatic heterocycles. The Kier molecular flexibility index (Phi) is 6.52. The second-order valence-electron chi connectivity index (χ2n) is 5.94. The number of carbonyl (C=O) groups is 1. The van der Waals surface area contributed by atoms with Gasteiger partial charge in [0.05, 0.1) is 28.2 Å². The number of aryl methyl sites for hydroxylation is 1. The van der Waals surface area contributed by atoms with E-state index in [0.717, 1.165) is 22.7 Å². The summed E-state index contributed by atoms with van der Waals surface area (Å²) in [6.45, 7) is 0.956. The fourth-order valence-corrected chi connectivity index (χ4v) is 3.59. The van der Waals surface area contributed by atoms with Crippen molar-refractivity contribution in [2.45, 2.75) is 13.1 Å². The van der Waals surface area contributed by atoms with Crippen LogP contribution in [0.2, 0.25) is 10.0 Å². The summed E-state index contributed by atoms with van der Waals surface area (Å²) in [5.74, 6) is -0.869. The minimum absolute atomic E-state index is 0.119. The van der Waals surface area contributed by atoms with Crippen molar-refractivity contribution in [3.8, 4) is 0 Å². The SMILES string of the molecule is Cc1ccc(Cl)cc1N(CC(=O)Nc1cc(C(F)(F)F)ccc1Cl)S(C)(=O)=O. The molecule has 0 heterocycles. The molecule has 0 spiro atoms. The van der Waals surface area contributed by atoms with Gasteiger partial charge in [-0.15, -0.1) is 0 Å². The number of alkyl halides is 3. The first-order chi connectivity index (χ1) is 12.8. The third kappa shape index (κ3) is 5.52. The molecule has 0 bridgehead atoms. The van der Waals surface area contributed by atoms with Crippen LogP contribution in [0.5, 0.6) is 0 Å². The fraction of sp³-hybridized carbons (Fsp3) is 0.235. The Hall–Kier alpha value is -1.97. The third-order valence-electron chi connectivity index (χ3n) is 3.70. The van der Waals surface area contributed by atoms with Gasteiger partial charge in [0.25, 0.3) is 0 Å². The van der Waals surface area contributed by atoms with Crippen molar-refractivity contribution in [2.24, 2.45) is 0 Å². The standard InChI is InChI=1S/C17H15Cl2F3N2O3S/c1-10-3-5-12(18)8-15(10)24(28(2,26)27)9-16(25)23-14-7-11(17(20,21)22)4-6-13(14)19/h3-8H,9H2,1-2H3,(H,23,25). The predicted octanol–water partition coefficient (Wildman–Crippen LogP) is 4.73. The molecule has 0 aliphatic rings. The van der Waals surface area contributed by atoms with Gasteiger partial charge in [-0.25, -0.2) is 8.42 Å². The van der Waals surface area contributed by atoms with Crippen LogP contribution >= 0.6 is 23.2 Å². The summed E-state index contributed by atoms with van der Waals surface area (Å²) < 4.78 is 63.7. The molecule has 2 aromatic carbocycles. The van der Waals surface area contributed by atoms with Crippen LogP contribution in [-0.4, -0.2) is 27.1 Å². The van der Waals surface area contributed by atoms with Crippen LogP contribution in [-0.2, 0) is 21.0 Å². The number of rotatable bonds is 5. The second-order valence-corrected chi connectivity index (χ2v) is 8.69. The van der Waals surface area contributed by atoms with Crippen LogP contribution in [0.3, 0.4) is 0 Å². The van der Waals surface area contributed by atoms with Crippen molar-refractivity contribution in [3.05, 3.63) is 57.6 Å². The minimum Gasteiger partial charge on any atom is -0.323 e. The molecule has 0 saturated carbocycles. The molecule has 0 saturated heterocycles. The number of hydrogen-bond donors (Lipinski definition) is 1. The van der Waals surface area contributed by atoms with Gasteiger partial charge in [-0.3, -0.25) is 9.10 Å².